The second kappa shape index (κ2) is 7.09. The molecule has 0 N–H and O–H groups in total. The lowest BCUT2D eigenvalue weighted by Gasteiger charge is -2.22. The molecule has 6 nitrogen and oxygen atoms in total. The van der Waals surface area contributed by atoms with Gasteiger partial charge in [0.05, 0.1) is 18.3 Å². The molecule has 1 aromatic heterocycles. The Kier molecular flexibility index (Phi) is 4.50. The molecule has 1 atom stereocenters. The molecule has 0 unspecified atom stereocenters. The number of carbonyl (C=O) groups excluding carboxylic acids is 1. The molecule has 1 aliphatic heterocycles. The highest BCUT2D eigenvalue weighted by molar-refractivity contribution is 5.99. The summed E-state index contributed by atoms with van der Waals surface area (Å²) in [6.07, 6.45) is 2.52. The first-order chi connectivity index (χ1) is 12.7. The van der Waals surface area contributed by atoms with E-state index in [-0.39, 0.29) is 11.9 Å². The third-order valence-corrected chi connectivity index (χ3v) is 4.73. The van der Waals surface area contributed by atoms with E-state index in [1.54, 1.807) is 11.0 Å². The molecule has 1 amide bonds. The average molecular weight is 347 g/mol. The van der Waals surface area contributed by atoms with Crippen molar-refractivity contribution in [3.05, 3.63) is 72.8 Å². The molecule has 4 rings (SSSR count). The number of para-hydroxylation sites is 2. The Morgan fingerprint density at radius 1 is 1.04 bits per heavy atom. The van der Waals surface area contributed by atoms with Crippen LogP contribution in [-0.4, -0.2) is 45.2 Å². The van der Waals surface area contributed by atoms with Gasteiger partial charge < -0.3 is 4.90 Å². The van der Waals surface area contributed by atoms with Crippen LogP contribution in [0.4, 0.5) is 5.69 Å². The van der Waals surface area contributed by atoms with Crippen LogP contribution in [0.15, 0.2) is 67.0 Å². The van der Waals surface area contributed by atoms with Crippen molar-refractivity contribution >= 4 is 11.6 Å². The van der Waals surface area contributed by atoms with E-state index in [0.29, 0.717) is 12.4 Å². The summed E-state index contributed by atoms with van der Waals surface area (Å²) in [7, 11) is 1.96. The average Bonchev–Trinajstić information content (AvgIpc) is 3.30. The first-order valence-electron chi connectivity index (χ1n) is 8.75. The Balaban J connectivity index is 1.43. The van der Waals surface area contributed by atoms with Gasteiger partial charge >= 0.3 is 0 Å². The van der Waals surface area contributed by atoms with E-state index in [9.17, 15) is 4.79 Å². The molecule has 0 aliphatic carbocycles. The van der Waals surface area contributed by atoms with E-state index in [1.807, 2.05) is 77.5 Å². The van der Waals surface area contributed by atoms with Gasteiger partial charge in [0.2, 0.25) is 5.91 Å². The van der Waals surface area contributed by atoms with Crippen molar-refractivity contribution in [1.29, 1.82) is 0 Å². The van der Waals surface area contributed by atoms with E-state index in [2.05, 4.69) is 10.1 Å². The van der Waals surface area contributed by atoms with Crippen LogP contribution in [0.2, 0.25) is 0 Å². The Bertz CT molecular complexity index is 877. The summed E-state index contributed by atoms with van der Waals surface area (Å²) in [5, 5.41) is 4.53. The summed E-state index contributed by atoms with van der Waals surface area (Å²) in [4.78, 5) is 21.1. The largest absolute Gasteiger partial charge is 0.311 e. The fourth-order valence-electron chi connectivity index (χ4n) is 3.35. The zero-order valence-electron chi connectivity index (χ0n) is 14.7. The van der Waals surface area contributed by atoms with Gasteiger partial charge in [-0.05, 0) is 37.7 Å². The zero-order valence-corrected chi connectivity index (χ0v) is 14.7. The summed E-state index contributed by atoms with van der Waals surface area (Å²) in [5.74, 6) is 0.850. The topological polar surface area (TPSA) is 54.3 Å². The van der Waals surface area contributed by atoms with E-state index in [4.69, 9.17) is 0 Å². The monoisotopic (exact) mass is 347 g/mol. The van der Waals surface area contributed by atoms with Crippen LogP contribution < -0.4 is 4.90 Å². The maximum Gasteiger partial charge on any atom is 0.244 e. The zero-order chi connectivity index (χ0) is 17.9. The predicted molar refractivity (Wildman–Crippen MR) is 100 cm³/mol. The summed E-state index contributed by atoms with van der Waals surface area (Å²) >= 11 is 0. The molecule has 26 heavy (non-hydrogen) atoms. The highest BCUT2D eigenvalue weighted by atomic mass is 16.2. The van der Waals surface area contributed by atoms with Crippen LogP contribution in [0.1, 0.15) is 12.2 Å². The second-order valence-electron chi connectivity index (χ2n) is 6.49. The van der Waals surface area contributed by atoms with Gasteiger partial charge in [0.15, 0.2) is 5.82 Å². The fraction of sp³-hybridized carbons (Fsp3) is 0.250. The van der Waals surface area contributed by atoms with Gasteiger partial charge in [-0.1, -0.05) is 36.4 Å². The van der Waals surface area contributed by atoms with Crippen molar-refractivity contribution in [2.24, 2.45) is 0 Å². The molecule has 1 aliphatic rings. The Morgan fingerprint density at radius 2 is 1.69 bits per heavy atom. The molecular formula is C20H21N5O. The Morgan fingerprint density at radius 3 is 2.38 bits per heavy atom. The minimum atomic E-state index is -0.140. The Labute approximate surface area is 152 Å². The highest BCUT2D eigenvalue weighted by Gasteiger charge is 2.35. The lowest BCUT2D eigenvalue weighted by atomic mass is 10.2. The van der Waals surface area contributed by atoms with Gasteiger partial charge in [0, 0.05) is 12.2 Å². The minimum absolute atomic E-state index is 0.140. The summed E-state index contributed by atoms with van der Waals surface area (Å²) < 4.78 is 1.76. The number of carbonyl (C=O) groups is 1. The third-order valence-electron chi connectivity index (χ3n) is 4.73. The number of aromatic nitrogens is 3. The minimum Gasteiger partial charge on any atom is -0.311 e. The normalized spacial score (nSPS) is 17.2. The first kappa shape index (κ1) is 16.5. The number of rotatable bonds is 5. The van der Waals surface area contributed by atoms with E-state index >= 15 is 0 Å². The number of likely N-dealkylation sites (N-methyl/N-ethyl adjacent to an activating group) is 1. The maximum absolute atomic E-state index is 12.8. The predicted octanol–water partition coefficient (Wildman–Crippen LogP) is 2.50. The molecule has 0 radical (unpaired) electrons. The van der Waals surface area contributed by atoms with Gasteiger partial charge in [0.25, 0.3) is 0 Å². The standard InChI is InChI=1S/C20H21N5O/c1-23(14-19-21-15-25(22-19)17-10-6-3-7-11-17)18-12-13-24(20(18)26)16-8-4-2-5-9-16/h2-11,15,18H,12-14H2,1H3/t18-/m1/s1. The molecule has 6 heteroatoms. The van der Waals surface area contributed by atoms with Crippen LogP contribution >= 0.6 is 0 Å². The highest BCUT2D eigenvalue weighted by Crippen LogP contribution is 2.24. The van der Waals surface area contributed by atoms with Crippen LogP contribution in [0.25, 0.3) is 5.69 Å². The van der Waals surface area contributed by atoms with Crippen molar-refractivity contribution < 1.29 is 4.79 Å². The van der Waals surface area contributed by atoms with E-state index in [1.165, 1.54) is 0 Å². The summed E-state index contributed by atoms with van der Waals surface area (Å²) in [6.45, 7) is 1.28. The van der Waals surface area contributed by atoms with Crippen LogP contribution in [0.5, 0.6) is 0 Å². The van der Waals surface area contributed by atoms with Crippen molar-refractivity contribution in [2.75, 3.05) is 18.5 Å². The molecule has 0 bridgehead atoms. The van der Waals surface area contributed by atoms with Gasteiger partial charge in [-0.3, -0.25) is 9.69 Å². The number of benzene rings is 2. The SMILES string of the molecule is CN(Cc1ncn(-c2ccccc2)n1)[C@@H]1CCN(c2ccccc2)C1=O. The van der Waals surface area contributed by atoms with Crippen LogP contribution in [0, 0.1) is 0 Å². The molecule has 0 saturated carbocycles. The van der Waals surface area contributed by atoms with Gasteiger partial charge in [-0.2, -0.15) is 0 Å². The number of hydrogen-bond acceptors (Lipinski definition) is 4. The number of amides is 1. The number of anilines is 1. The smallest absolute Gasteiger partial charge is 0.244 e. The van der Waals surface area contributed by atoms with Gasteiger partial charge in [-0.25, -0.2) is 9.67 Å². The van der Waals surface area contributed by atoms with Gasteiger partial charge in [-0.15, -0.1) is 5.10 Å². The van der Waals surface area contributed by atoms with Gasteiger partial charge in [0.1, 0.15) is 6.33 Å². The van der Waals surface area contributed by atoms with Crippen molar-refractivity contribution in [3.8, 4) is 5.69 Å². The third kappa shape index (κ3) is 3.23. The summed E-state index contributed by atoms with van der Waals surface area (Å²) in [6, 6.07) is 19.6. The lowest BCUT2D eigenvalue weighted by molar-refractivity contribution is -0.121. The molecule has 2 aromatic carbocycles. The van der Waals surface area contributed by atoms with Crippen LogP contribution in [0.3, 0.4) is 0 Å². The molecule has 1 saturated heterocycles. The number of hydrogen-bond donors (Lipinski definition) is 0. The molecule has 2 heterocycles. The molecule has 1 fully saturated rings. The second-order valence-corrected chi connectivity index (χ2v) is 6.49. The first-order valence-corrected chi connectivity index (χ1v) is 8.75. The van der Waals surface area contributed by atoms with Crippen molar-refractivity contribution in [2.45, 2.75) is 19.0 Å². The molecule has 3 aromatic rings. The molecule has 132 valence electrons. The van der Waals surface area contributed by atoms with E-state index in [0.717, 1.165) is 24.3 Å². The summed E-state index contributed by atoms with van der Waals surface area (Å²) in [5.41, 5.74) is 1.93. The van der Waals surface area contributed by atoms with Crippen molar-refractivity contribution in [3.63, 3.8) is 0 Å². The molecular weight excluding hydrogens is 326 g/mol. The quantitative estimate of drug-likeness (QED) is 0.712. The number of nitrogens with zero attached hydrogens (tertiary/aromatic N) is 5. The Hall–Kier alpha value is -2.99. The van der Waals surface area contributed by atoms with Crippen LogP contribution in [-0.2, 0) is 11.3 Å². The lowest BCUT2D eigenvalue weighted by Crippen LogP contribution is -2.39. The van der Waals surface area contributed by atoms with Crippen molar-refractivity contribution in [1.82, 2.24) is 19.7 Å². The maximum atomic E-state index is 12.8. The molecule has 0 spiro atoms. The van der Waals surface area contributed by atoms with E-state index < -0.39 is 0 Å². The fourth-order valence-corrected chi connectivity index (χ4v) is 3.35.